The summed E-state index contributed by atoms with van der Waals surface area (Å²) in [5.41, 5.74) is -0.523. The van der Waals surface area contributed by atoms with Crippen molar-refractivity contribution in [3.8, 4) is 0 Å². The van der Waals surface area contributed by atoms with Crippen molar-refractivity contribution in [2.45, 2.75) is 235 Å². The summed E-state index contributed by atoms with van der Waals surface area (Å²) in [5, 5.41) is 5.88. The molecule has 10 heteroatoms. The van der Waals surface area contributed by atoms with E-state index < -0.39 is 34.5 Å². The second-order valence-corrected chi connectivity index (χ2v) is 24.7. The highest BCUT2D eigenvalue weighted by atomic mass is 16.6. The number of nitrogens with one attached hydrogen (secondary N) is 2. The van der Waals surface area contributed by atoms with Gasteiger partial charge < -0.3 is 29.7 Å². The number of alkyl carbamates (subject to hydrolysis) is 2. The first-order valence-corrected chi connectivity index (χ1v) is 25.2. The molecule has 3 saturated carbocycles. The van der Waals surface area contributed by atoms with Crippen LogP contribution in [0.3, 0.4) is 0 Å². The average Bonchev–Trinajstić information content (AvgIpc) is 3.49. The number of carbonyl (C=O) groups excluding carboxylic acids is 4. The van der Waals surface area contributed by atoms with Gasteiger partial charge in [-0.25, -0.2) is 9.59 Å². The number of nitrogens with zero attached hydrogens (tertiary/aromatic N) is 1. The third-order valence-corrected chi connectivity index (χ3v) is 16.2. The first-order valence-electron chi connectivity index (χ1n) is 25.2. The van der Waals surface area contributed by atoms with E-state index in [1.807, 2.05) is 69.2 Å². The van der Waals surface area contributed by atoms with Crippen LogP contribution in [-0.4, -0.2) is 70.4 Å². The highest BCUT2D eigenvalue weighted by Gasteiger charge is 2.59. The van der Waals surface area contributed by atoms with E-state index in [1.165, 1.54) is 50.5 Å². The maximum absolute atomic E-state index is 13.9. The number of hydrogen-bond acceptors (Lipinski definition) is 7. The van der Waals surface area contributed by atoms with Crippen LogP contribution < -0.4 is 10.6 Å². The molecule has 0 aromatic heterocycles. The van der Waals surface area contributed by atoms with Gasteiger partial charge in [0.25, 0.3) is 0 Å². The number of hydrogen-bond donors (Lipinski definition) is 2. The van der Waals surface area contributed by atoms with Gasteiger partial charge in [-0.2, -0.15) is 0 Å². The largest absolute Gasteiger partial charge is 0.462 e. The summed E-state index contributed by atoms with van der Waals surface area (Å²) in [4.78, 5) is 54.3. The van der Waals surface area contributed by atoms with E-state index >= 15 is 0 Å². The minimum absolute atomic E-state index is 0. The Morgan fingerprint density at radius 2 is 1.35 bits per heavy atom. The van der Waals surface area contributed by atoms with E-state index in [-0.39, 0.29) is 43.4 Å². The lowest BCUT2D eigenvalue weighted by Gasteiger charge is -2.58. The van der Waals surface area contributed by atoms with Gasteiger partial charge in [0.15, 0.2) is 0 Å². The summed E-state index contributed by atoms with van der Waals surface area (Å²) in [5.74, 6) is 4.99. The lowest BCUT2D eigenvalue weighted by molar-refractivity contribution is -0.153. The minimum atomic E-state index is -0.672. The first-order chi connectivity index (χ1) is 29.0. The van der Waals surface area contributed by atoms with Crippen LogP contribution in [0, 0.1) is 52.3 Å². The van der Waals surface area contributed by atoms with Crippen molar-refractivity contribution >= 4 is 24.1 Å². The van der Waals surface area contributed by atoms with E-state index in [1.54, 1.807) is 4.90 Å². The first kappa shape index (κ1) is 52.8. The second-order valence-electron chi connectivity index (χ2n) is 24.7. The van der Waals surface area contributed by atoms with Crippen LogP contribution in [0.2, 0.25) is 0 Å². The molecule has 372 valence electrons. The number of amides is 3. The number of esters is 1. The Balaban J connectivity index is 0. The smallest absolute Gasteiger partial charge is 0.408 e. The van der Waals surface area contributed by atoms with Crippen molar-refractivity contribution in [2.24, 2.45) is 52.3 Å². The van der Waals surface area contributed by atoms with Crippen molar-refractivity contribution in [3.63, 3.8) is 0 Å². The van der Waals surface area contributed by atoms with Gasteiger partial charge in [-0.1, -0.05) is 66.0 Å². The van der Waals surface area contributed by atoms with Crippen LogP contribution in [-0.2, 0) is 23.8 Å². The van der Waals surface area contributed by atoms with E-state index in [0.717, 1.165) is 61.2 Å². The standard InChI is InChI=1S/C53H93N3O7.5H2/c1-17-37(35(2)3)19-18-36(4)41-22-23-42-40-21-20-38-34-39(26-28-52(38,15)43(40)27-29-53(41,42)16)61-45(58)25-24-44(57)56(32-30-50(11,12)54-46(59)62-48(5,6)7)33-31-51(13,14)55-47(60)63-49(8,9)10;;;;;/h20,35-37,39-43H,17-19,21-34H2,1-16H3,(H,54,59)(H,55,60);5*1H/t36-,37-,39+,40+,41?,42?,43?,52+,53-;;;;;/m1...../s1. The average molecular weight is 894 g/mol. The summed E-state index contributed by atoms with van der Waals surface area (Å²) >= 11 is 0. The molecule has 4 rings (SSSR count). The summed E-state index contributed by atoms with van der Waals surface area (Å²) in [6.45, 7) is 34.1. The maximum atomic E-state index is 13.9. The fourth-order valence-electron chi connectivity index (χ4n) is 12.5. The zero-order chi connectivity index (χ0) is 47.3. The van der Waals surface area contributed by atoms with Gasteiger partial charge in [0.05, 0.1) is 6.42 Å². The van der Waals surface area contributed by atoms with Gasteiger partial charge in [-0.15, -0.1) is 0 Å². The van der Waals surface area contributed by atoms with Crippen LogP contribution in [0.1, 0.15) is 214 Å². The fourth-order valence-corrected chi connectivity index (χ4v) is 12.5. The number of allylic oxidation sites excluding steroid dienone is 1. The minimum Gasteiger partial charge on any atom is -0.462 e. The second kappa shape index (κ2) is 20.8. The molecule has 9 atom stereocenters. The molecule has 0 heterocycles. The zero-order valence-electron chi connectivity index (χ0n) is 43.0. The molecule has 3 amide bonds. The van der Waals surface area contributed by atoms with Gasteiger partial charge in [0.2, 0.25) is 5.91 Å². The Morgan fingerprint density at radius 3 is 1.87 bits per heavy atom. The Morgan fingerprint density at radius 1 is 0.778 bits per heavy atom. The van der Waals surface area contributed by atoms with Crippen molar-refractivity contribution < 1.29 is 40.5 Å². The molecule has 3 fully saturated rings. The maximum Gasteiger partial charge on any atom is 0.408 e. The molecular weight excluding hydrogens is 791 g/mol. The summed E-state index contributed by atoms with van der Waals surface area (Å²) in [6, 6.07) is 0. The van der Waals surface area contributed by atoms with Gasteiger partial charge in [0, 0.05) is 44.1 Å². The van der Waals surface area contributed by atoms with Crippen LogP contribution in [0.25, 0.3) is 0 Å². The molecule has 4 aliphatic carbocycles. The quantitative estimate of drug-likeness (QED) is 0.0798. The predicted molar refractivity (Wildman–Crippen MR) is 265 cm³/mol. The van der Waals surface area contributed by atoms with Gasteiger partial charge in [0.1, 0.15) is 17.3 Å². The van der Waals surface area contributed by atoms with E-state index in [2.05, 4.69) is 58.3 Å². The van der Waals surface area contributed by atoms with Crippen molar-refractivity contribution in [1.82, 2.24) is 15.5 Å². The van der Waals surface area contributed by atoms with Crippen molar-refractivity contribution in [1.29, 1.82) is 0 Å². The summed E-state index contributed by atoms with van der Waals surface area (Å²) < 4.78 is 17.1. The van der Waals surface area contributed by atoms with Gasteiger partial charge >= 0.3 is 18.2 Å². The third kappa shape index (κ3) is 14.6. The highest BCUT2D eigenvalue weighted by molar-refractivity contribution is 5.81. The normalized spacial score (nSPS) is 28.4. The Kier molecular flexibility index (Phi) is 17.5. The number of ether oxygens (including phenoxy) is 3. The molecule has 2 N–H and O–H groups in total. The van der Waals surface area contributed by atoms with E-state index in [9.17, 15) is 19.2 Å². The predicted octanol–water partition coefficient (Wildman–Crippen LogP) is 13.8. The van der Waals surface area contributed by atoms with Crippen LogP contribution in [0.4, 0.5) is 9.59 Å². The van der Waals surface area contributed by atoms with Gasteiger partial charge in [-0.05, 0) is 186 Å². The van der Waals surface area contributed by atoms with Crippen molar-refractivity contribution in [3.05, 3.63) is 11.6 Å². The molecular formula is C53H103N3O7. The fraction of sp³-hybridized carbons (Fsp3) is 0.887. The zero-order valence-corrected chi connectivity index (χ0v) is 43.0. The third-order valence-electron chi connectivity index (χ3n) is 16.2. The molecule has 4 aliphatic rings. The molecule has 63 heavy (non-hydrogen) atoms. The SMILES string of the molecule is CC[C@H](CC[C@@H](C)C1CCC2[C@@H]3CC=C4C[C@@H](OC(=O)CCC(=O)N(CCC(C)(C)NC(=O)OC(C)(C)C)CCC(C)(C)NC(=O)OC(C)(C)C)CC[C@]4(C)C3CC[C@@]21C)C(C)C.[HH].[HH].[HH].[HH].[HH]. The monoisotopic (exact) mass is 894 g/mol. The highest BCUT2D eigenvalue weighted by Crippen LogP contribution is 2.67. The van der Waals surface area contributed by atoms with Gasteiger partial charge in [-0.3, -0.25) is 9.59 Å². The van der Waals surface area contributed by atoms with E-state index in [0.29, 0.717) is 37.3 Å². The van der Waals surface area contributed by atoms with E-state index in [4.69, 9.17) is 14.2 Å². The lowest BCUT2D eigenvalue weighted by Crippen LogP contribution is -2.51. The van der Waals surface area contributed by atoms with Crippen LogP contribution in [0.5, 0.6) is 0 Å². The number of rotatable bonds is 18. The van der Waals surface area contributed by atoms with Crippen LogP contribution in [0.15, 0.2) is 11.6 Å². The molecule has 0 aliphatic heterocycles. The Hall–Kier alpha value is -2.78. The topological polar surface area (TPSA) is 123 Å². The lowest BCUT2D eigenvalue weighted by atomic mass is 9.47. The number of fused-ring (bicyclic) bond motifs is 5. The molecule has 3 unspecified atom stereocenters. The number of carbonyl (C=O) groups is 4. The Bertz CT molecular complexity index is 1580. The Labute approximate surface area is 391 Å². The molecule has 10 nitrogen and oxygen atoms in total. The van der Waals surface area contributed by atoms with Crippen molar-refractivity contribution in [2.75, 3.05) is 13.1 Å². The molecule has 0 bridgehead atoms. The molecule has 0 saturated heterocycles. The van der Waals surface area contributed by atoms with Crippen LogP contribution >= 0.6 is 0 Å². The summed E-state index contributed by atoms with van der Waals surface area (Å²) in [7, 11) is 0. The molecule has 0 aromatic rings. The summed E-state index contributed by atoms with van der Waals surface area (Å²) in [6.07, 6.45) is 15.6. The molecule has 0 radical (unpaired) electrons. The molecule has 0 aromatic carbocycles. The molecule has 0 spiro atoms.